The Balaban J connectivity index is 1.85. The molecule has 3 heterocycles. The van der Waals surface area contributed by atoms with Gasteiger partial charge in [-0.05, 0) is 69.2 Å². The van der Waals surface area contributed by atoms with E-state index in [1.54, 1.807) is 17.7 Å². The standard InChI is InChI=1S/C14H11Br2N3S2/c15-10-5-8(12(16)21-10)19-13-11-7-3-1-2-4-9(7)20-14(11)18-6-17-13/h5-6H,1-4H2,(H,17,18,19). The van der Waals surface area contributed by atoms with Crippen molar-refractivity contribution >= 4 is 76.3 Å². The number of fused-ring (bicyclic) bond motifs is 3. The van der Waals surface area contributed by atoms with Crippen LogP contribution in [0.25, 0.3) is 10.2 Å². The fraction of sp³-hybridized carbons (Fsp3) is 0.286. The summed E-state index contributed by atoms with van der Waals surface area (Å²) in [7, 11) is 0. The Morgan fingerprint density at radius 1 is 1.10 bits per heavy atom. The van der Waals surface area contributed by atoms with Crippen molar-refractivity contribution in [2.24, 2.45) is 0 Å². The molecule has 0 unspecified atom stereocenters. The smallest absolute Gasteiger partial charge is 0.142 e. The van der Waals surface area contributed by atoms with E-state index in [0.717, 1.165) is 30.3 Å². The first kappa shape index (κ1) is 14.1. The highest BCUT2D eigenvalue weighted by atomic mass is 79.9. The molecule has 0 amide bonds. The van der Waals surface area contributed by atoms with Crippen molar-refractivity contribution in [1.29, 1.82) is 0 Å². The minimum absolute atomic E-state index is 0.922. The highest BCUT2D eigenvalue weighted by Gasteiger charge is 2.20. The van der Waals surface area contributed by atoms with Crippen molar-refractivity contribution in [3.8, 4) is 0 Å². The molecular weight excluding hydrogens is 434 g/mol. The lowest BCUT2D eigenvalue weighted by Gasteiger charge is -2.12. The second kappa shape index (κ2) is 5.61. The first-order valence-corrected chi connectivity index (χ1v) is 9.91. The van der Waals surface area contributed by atoms with Gasteiger partial charge in [0.15, 0.2) is 0 Å². The van der Waals surface area contributed by atoms with E-state index in [1.165, 1.54) is 35.1 Å². The lowest BCUT2D eigenvalue weighted by Crippen LogP contribution is -2.00. The third kappa shape index (κ3) is 2.54. The van der Waals surface area contributed by atoms with Crippen molar-refractivity contribution < 1.29 is 0 Å². The number of halogens is 2. The number of rotatable bonds is 2. The van der Waals surface area contributed by atoms with Gasteiger partial charge in [-0.15, -0.1) is 22.7 Å². The van der Waals surface area contributed by atoms with Gasteiger partial charge in [0.05, 0.1) is 18.6 Å². The lowest BCUT2D eigenvalue weighted by molar-refractivity contribution is 0.700. The van der Waals surface area contributed by atoms with Crippen LogP contribution < -0.4 is 5.32 Å². The van der Waals surface area contributed by atoms with Gasteiger partial charge in [-0.3, -0.25) is 0 Å². The Hall–Kier alpha value is -0.500. The van der Waals surface area contributed by atoms with Gasteiger partial charge in [-0.1, -0.05) is 0 Å². The van der Waals surface area contributed by atoms with E-state index >= 15 is 0 Å². The van der Waals surface area contributed by atoms with Gasteiger partial charge in [0.25, 0.3) is 0 Å². The molecule has 108 valence electrons. The lowest BCUT2D eigenvalue weighted by atomic mass is 9.97. The highest BCUT2D eigenvalue weighted by molar-refractivity contribution is 9.12. The van der Waals surface area contributed by atoms with E-state index in [0.29, 0.717) is 0 Å². The quantitative estimate of drug-likeness (QED) is 0.534. The first-order valence-electron chi connectivity index (χ1n) is 6.69. The summed E-state index contributed by atoms with van der Waals surface area (Å²) in [6.07, 6.45) is 6.54. The molecule has 7 heteroatoms. The molecule has 0 saturated carbocycles. The predicted octanol–water partition coefficient (Wildman–Crippen LogP) is 5.90. The number of anilines is 2. The average Bonchev–Trinajstić information content (AvgIpc) is 2.99. The molecule has 0 radical (unpaired) electrons. The van der Waals surface area contributed by atoms with Crippen molar-refractivity contribution in [3.63, 3.8) is 0 Å². The fourth-order valence-corrected chi connectivity index (χ4v) is 6.64. The fourth-order valence-electron chi connectivity index (χ4n) is 2.74. The number of hydrogen-bond donors (Lipinski definition) is 1. The molecule has 1 N–H and O–H groups in total. The number of aromatic nitrogens is 2. The molecule has 0 atom stereocenters. The van der Waals surface area contributed by atoms with Crippen molar-refractivity contribution in [3.05, 3.63) is 30.4 Å². The van der Waals surface area contributed by atoms with E-state index in [2.05, 4.69) is 53.2 Å². The zero-order valence-electron chi connectivity index (χ0n) is 10.9. The maximum atomic E-state index is 4.49. The summed E-state index contributed by atoms with van der Waals surface area (Å²) in [6, 6.07) is 2.07. The molecule has 1 aliphatic carbocycles. The Labute approximate surface area is 147 Å². The largest absolute Gasteiger partial charge is 0.338 e. The summed E-state index contributed by atoms with van der Waals surface area (Å²) >= 11 is 10.6. The Morgan fingerprint density at radius 3 is 2.76 bits per heavy atom. The molecule has 0 bridgehead atoms. The Bertz CT molecular complexity index is 825. The zero-order chi connectivity index (χ0) is 14.4. The molecule has 0 fully saturated rings. The molecule has 3 nitrogen and oxygen atoms in total. The third-order valence-corrected chi connectivity index (χ3v) is 7.20. The van der Waals surface area contributed by atoms with Crippen LogP contribution in [-0.2, 0) is 12.8 Å². The van der Waals surface area contributed by atoms with Crippen LogP contribution in [-0.4, -0.2) is 9.97 Å². The molecule has 4 rings (SSSR count). The molecule has 3 aromatic heterocycles. The first-order chi connectivity index (χ1) is 10.2. The summed E-state index contributed by atoms with van der Waals surface area (Å²) < 4.78 is 2.17. The predicted molar refractivity (Wildman–Crippen MR) is 97.1 cm³/mol. The molecule has 1 aliphatic rings. The third-order valence-electron chi connectivity index (χ3n) is 3.66. The molecular formula is C14H11Br2N3S2. The van der Waals surface area contributed by atoms with Gasteiger partial charge in [0.2, 0.25) is 0 Å². The molecule has 0 aromatic carbocycles. The van der Waals surface area contributed by atoms with E-state index in [-0.39, 0.29) is 0 Å². The van der Waals surface area contributed by atoms with Crippen molar-refractivity contribution in [2.45, 2.75) is 25.7 Å². The zero-order valence-corrected chi connectivity index (χ0v) is 15.8. The van der Waals surface area contributed by atoms with E-state index in [4.69, 9.17) is 0 Å². The maximum Gasteiger partial charge on any atom is 0.142 e. The van der Waals surface area contributed by atoms with Crippen LogP contribution >= 0.6 is 54.5 Å². The number of aryl methyl sites for hydroxylation is 2. The number of nitrogens with zero attached hydrogens (tertiary/aromatic N) is 2. The molecule has 21 heavy (non-hydrogen) atoms. The topological polar surface area (TPSA) is 37.8 Å². The summed E-state index contributed by atoms with van der Waals surface area (Å²) in [5.41, 5.74) is 2.50. The molecule has 0 aliphatic heterocycles. The maximum absolute atomic E-state index is 4.49. The van der Waals surface area contributed by atoms with Crippen molar-refractivity contribution in [2.75, 3.05) is 5.32 Å². The van der Waals surface area contributed by atoms with Gasteiger partial charge in [0, 0.05) is 4.88 Å². The second-order valence-electron chi connectivity index (χ2n) is 4.98. The van der Waals surface area contributed by atoms with Gasteiger partial charge in [0.1, 0.15) is 17.0 Å². The minimum Gasteiger partial charge on any atom is -0.338 e. The number of hydrogen-bond acceptors (Lipinski definition) is 5. The van der Waals surface area contributed by atoms with Crippen LogP contribution in [0.5, 0.6) is 0 Å². The number of nitrogens with one attached hydrogen (secondary N) is 1. The number of thiophene rings is 2. The monoisotopic (exact) mass is 443 g/mol. The summed E-state index contributed by atoms with van der Waals surface area (Å²) in [4.78, 5) is 11.5. The van der Waals surface area contributed by atoms with E-state index < -0.39 is 0 Å². The van der Waals surface area contributed by atoms with Crippen LogP contribution in [0.15, 0.2) is 20.0 Å². The highest BCUT2D eigenvalue weighted by Crippen LogP contribution is 2.41. The van der Waals surface area contributed by atoms with Crippen LogP contribution in [0.1, 0.15) is 23.3 Å². The van der Waals surface area contributed by atoms with Crippen LogP contribution in [0, 0.1) is 0 Å². The summed E-state index contributed by atoms with van der Waals surface area (Å²) in [5.74, 6) is 0.922. The molecule has 0 spiro atoms. The Kier molecular flexibility index (Phi) is 3.77. The van der Waals surface area contributed by atoms with Crippen LogP contribution in [0.2, 0.25) is 0 Å². The second-order valence-corrected chi connectivity index (χ2v) is 9.81. The van der Waals surface area contributed by atoms with Crippen molar-refractivity contribution in [1.82, 2.24) is 9.97 Å². The SMILES string of the molecule is Brc1cc(Nc2ncnc3sc4c(c23)CCCC4)c(Br)s1. The Morgan fingerprint density at radius 2 is 1.95 bits per heavy atom. The average molecular weight is 445 g/mol. The van der Waals surface area contributed by atoms with Gasteiger partial charge >= 0.3 is 0 Å². The summed E-state index contributed by atoms with van der Waals surface area (Å²) in [6.45, 7) is 0. The minimum atomic E-state index is 0.922. The normalized spacial score (nSPS) is 14.4. The molecule has 3 aromatic rings. The van der Waals surface area contributed by atoms with Gasteiger partial charge in [-0.2, -0.15) is 0 Å². The van der Waals surface area contributed by atoms with E-state index in [9.17, 15) is 0 Å². The van der Waals surface area contributed by atoms with Crippen LogP contribution in [0.4, 0.5) is 11.5 Å². The van der Waals surface area contributed by atoms with Crippen LogP contribution in [0.3, 0.4) is 0 Å². The molecule has 0 saturated heterocycles. The van der Waals surface area contributed by atoms with Gasteiger partial charge < -0.3 is 5.32 Å². The summed E-state index contributed by atoms with van der Waals surface area (Å²) in [5, 5.41) is 4.68. The van der Waals surface area contributed by atoms with E-state index in [1.807, 2.05) is 11.3 Å². The van der Waals surface area contributed by atoms with Gasteiger partial charge in [-0.25, -0.2) is 9.97 Å².